The lowest BCUT2D eigenvalue weighted by atomic mass is 9.36. The molecule has 6 aromatic rings. The monoisotopic (exact) mass is 811 g/mol. The summed E-state index contributed by atoms with van der Waals surface area (Å²) >= 11 is 2.01. The van der Waals surface area contributed by atoms with Gasteiger partial charge in [-0.2, -0.15) is 0 Å². The van der Waals surface area contributed by atoms with E-state index in [0.717, 1.165) is 0 Å². The van der Waals surface area contributed by atoms with Gasteiger partial charge in [0.1, 0.15) is 0 Å². The van der Waals surface area contributed by atoms with Gasteiger partial charge in [0, 0.05) is 43.3 Å². The lowest BCUT2D eigenvalue weighted by Gasteiger charge is -2.45. The molecule has 0 atom stereocenters. The van der Waals surface area contributed by atoms with Crippen LogP contribution in [0.5, 0.6) is 0 Å². The third-order valence-corrected chi connectivity index (χ3v) is 15.6. The van der Waals surface area contributed by atoms with Crippen molar-refractivity contribution in [3.63, 3.8) is 0 Å². The first-order chi connectivity index (χ1) is 27.8. The maximum atomic E-state index is 2.71. The Balaban J connectivity index is 1.44. The summed E-state index contributed by atoms with van der Waals surface area (Å²) in [6, 6.07) is 36.8. The fourth-order valence-corrected chi connectivity index (χ4v) is 11.5. The van der Waals surface area contributed by atoms with Gasteiger partial charge in [-0.25, -0.2) is 0 Å². The van der Waals surface area contributed by atoms with Crippen LogP contribution < -0.4 is 25.5 Å². The van der Waals surface area contributed by atoms with E-state index in [2.05, 4.69) is 212 Å². The number of nitrogens with zero attached hydrogens (tertiary/aromatic N) is 2. The zero-order chi connectivity index (χ0) is 43.3. The lowest BCUT2D eigenvalue weighted by Crippen LogP contribution is -2.60. The van der Waals surface area contributed by atoms with Crippen LogP contribution in [0.1, 0.15) is 157 Å². The average Bonchev–Trinajstić information content (AvgIpc) is 3.53. The van der Waals surface area contributed by atoms with Gasteiger partial charge in [0.2, 0.25) is 0 Å². The van der Waals surface area contributed by atoms with Crippen LogP contribution in [0.4, 0.5) is 34.1 Å². The number of rotatable bonds is 2. The highest BCUT2D eigenvalue weighted by atomic mass is 32.1. The molecule has 0 saturated carbocycles. The van der Waals surface area contributed by atoms with E-state index in [1.54, 1.807) is 0 Å². The van der Waals surface area contributed by atoms with E-state index in [-0.39, 0.29) is 39.2 Å². The van der Waals surface area contributed by atoms with Crippen molar-refractivity contribution < 1.29 is 0 Å². The number of fused-ring (bicyclic) bond motifs is 7. The van der Waals surface area contributed by atoms with Crippen LogP contribution in [0.2, 0.25) is 0 Å². The second-order valence-corrected chi connectivity index (χ2v) is 25.0. The predicted octanol–water partition coefficient (Wildman–Crippen LogP) is 14.5. The Bertz CT molecular complexity index is 2720. The molecule has 2 nitrogen and oxygen atoms in total. The summed E-state index contributed by atoms with van der Waals surface area (Å²) in [5.41, 5.74) is 19.2. The fourth-order valence-electron chi connectivity index (χ4n) is 10.2. The second-order valence-electron chi connectivity index (χ2n) is 23.9. The first kappa shape index (κ1) is 41.1. The number of benzene rings is 5. The van der Waals surface area contributed by atoms with Crippen LogP contribution in [0.3, 0.4) is 0 Å². The topological polar surface area (TPSA) is 6.48 Å². The molecule has 0 saturated heterocycles. The average molecular weight is 811 g/mol. The van der Waals surface area contributed by atoms with E-state index in [0.29, 0.717) is 0 Å². The van der Waals surface area contributed by atoms with Crippen molar-refractivity contribution in [2.24, 2.45) is 0 Å². The highest BCUT2D eigenvalue weighted by Crippen LogP contribution is 2.53. The fraction of sp³-hybridized carbons (Fsp3) is 0.429. The van der Waals surface area contributed by atoms with Gasteiger partial charge in [-0.1, -0.05) is 147 Å². The quantitative estimate of drug-likeness (QED) is 0.161. The van der Waals surface area contributed by atoms with Gasteiger partial charge in [-0.15, -0.1) is 11.3 Å². The smallest absolute Gasteiger partial charge is 0.264 e. The highest BCUT2D eigenvalue weighted by molar-refractivity contribution is 7.33. The van der Waals surface area contributed by atoms with Crippen molar-refractivity contribution in [3.05, 3.63) is 124 Å². The normalized spacial score (nSPS) is 17.0. The Morgan fingerprint density at radius 2 is 1.03 bits per heavy atom. The Kier molecular flexibility index (Phi) is 8.99. The van der Waals surface area contributed by atoms with E-state index in [4.69, 9.17) is 0 Å². The molecule has 5 aromatic carbocycles. The maximum absolute atomic E-state index is 2.71. The lowest BCUT2D eigenvalue weighted by molar-refractivity contribution is 0.332. The van der Waals surface area contributed by atoms with Gasteiger partial charge in [-0.3, -0.25) is 0 Å². The summed E-state index contributed by atoms with van der Waals surface area (Å²) in [5, 5.41) is 1.36. The van der Waals surface area contributed by atoms with Gasteiger partial charge in [-0.05, 0) is 144 Å². The summed E-state index contributed by atoms with van der Waals surface area (Å²) in [4.78, 5) is 5.35. The molecule has 0 spiro atoms. The van der Waals surface area contributed by atoms with Gasteiger partial charge >= 0.3 is 0 Å². The third kappa shape index (κ3) is 6.49. The molecule has 0 radical (unpaired) electrons. The third-order valence-electron chi connectivity index (χ3n) is 14.3. The molecule has 3 aliphatic rings. The number of thiophene rings is 1. The molecule has 1 aromatic heterocycles. The molecule has 2 aliphatic heterocycles. The molecular formula is C56H67BN2S. The standard InChI is InChI=1S/C56H67BN2S/c1-51(2,3)34-18-17-19-38(28-34)58-44-30-36(53(7,8)9)20-24-43(44)57-48-45(58)31-37(54(10,11)12)32-46(48)59(39-22-23-41-42(33-39)56(15,16)27-26-55(41,13)14)49-40-29-35(52(4,5)6)21-25-47(40)60-50(49)57/h17-25,28-33H,26-27H2,1-16H3. The zero-order valence-electron chi connectivity index (χ0n) is 39.5. The molecule has 4 heteroatoms. The molecule has 9 rings (SSSR count). The van der Waals surface area contributed by atoms with Crippen molar-refractivity contribution in [1.82, 2.24) is 0 Å². The molecule has 0 N–H and O–H groups in total. The first-order valence-corrected chi connectivity index (χ1v) is 23.3. The number of anilines is 6. The van der Waals surface area contributed by atoms with Gasteiger partial charge in [0.15, 0.2) is 0 Å². The molecular weight excluding hydrogens is 744 g/mol. The van der Waals surface area contributed by atoms with E-state index < -0.39 is 0 Å². The van der Waals surface area contributed by atoms with E-state index in [9.17, 15) is 0 Å². The molecule has 3 heterocycles. The van der Waals surface area contributed by atoms with Gasteiger partial charge < -0.3 is 9.80 Å². The van der Waals surface area contributed by atoms with Crippen molar-refractivity contribution in [3.8, 4) is 0 Å². The largest absolute Gasteiger partial charge is 0.311 e. The van der Waals surface area contributed by atoms with Crippen molar-refractivity contribution in [1.29, 1.82) is 0 Å². The first-order valence-electron chi connectivity index (χ1n) is 22.5. The van der Waals surface area contributed by atoms with Crippen molar-refractivity contribution in [2.75, 3.05) is 9.80 Å². The maximum Gasteiger partial charge on any atom is 0.264 e. The second kappa shape index (κ2) is 13.1. The molecule has 1 aliphatic carbocycles. The molecule has 60 heavy (non-hydrogen) atoms. The predicted molar refractivity (Wildman–Crippen MR) is 266 cm³/mol. The summed E-state index contributed by atoms with van der Waals surface area (Å²) in [6.45, 7) is 38.2. The van der Waals surface area contributed by atoms with Crippen LogP contribution in [-0.4, -0.2) is 6.71 Å². The Morgan fingerprint density at radius 3 is 1.67 bits per heavy atom. The number of hydrogen-bond donors (Lipinski definition) is 0. The Hall–Kier alpha value is -4.28. The summed E-state index contributed by atoms with van der Waals surface area (Å²) in [6.07, 6.45) is 2.39. The summed E-state index contributed by atoms with van der Waals surface area (Å²) in [7, 11) is 0. The molecule has 310 valence electrons. The zero-order valence-corrected chi connectivity index (χ0v) is 40.3. The SMILES string of the molecule is CC(C)(C)c1cccc(N2c3cc(C(C)(C)C)ccc3B3c4sc5ccc(C(C)(C)C)cc5c4N(c4ccc5c(c4)C(C)(C)CCC5(C)C)c4cc(C(C)(C)C)cc2c43)c1. The van der Waals surface area contributed by atoms with Crippen molar-refractivity contribution >= 4 is 78.0 Å². The van der Waals surface area contributed by atoms with Gasteiger partial charge in [0.05, 0.1) is 5.69 Å². The summed E-state index contributed by atoms with van der Waals surface area (Å²) in [5.74, 6) is 0. The number of hydrogen-bond acceptors (Lipinski definition) is 3. The summed E-state index contributed by atoms with van der Waals surface area (Å²) < 4.78 is 2.80. The Labute approximate surface area is 366 Å². The minimum absolute atomic E-state index is 0.00304. The minimum atomic E-state index is -0.0859. The highest BCUT2D eigenvalue weighted by Gasteiger charge is 2.47. The van der Waals surface area contributed by atoms with Crippen molar-refractivity contribution in [2.45, 2.75) is 156 Å². The van der Waals surface area contributed by atoms with Gasteiger partial charge in [0.25, 0.3) is 6.71 Å². The molecule has 0 amide bonds. The molecule has 0 unspecified atom stereocenters. The van der Waals surface area contributed by atoms with Crippen LogP contribution in [0.15, 0.2) is 91.0 Å². The molecule has 0 bridgehead atoms. The van der Waals surface area contributed by atoms with Crippen LogP contribution >= 0.6 is 11.3 Å². The minimum Gasteiger partial charge on any atom is -0.311 e. The molecule has 0 fully saturated rings. The van der Waals surface area contributed by atoms with Crippen LogP contribution in [0.25, 0.3) is 10.1 Å². The van der Waals surface area contributed by atoms with E-state index >= 15 is 0 Å². The van der Waals surface area contributed by atoms with Crippen LogP contribution in [-0.2, 0) is 32.5 Å². The Morgan fingerprint density at radius 1 is 0.500 bits per heavy atom. The van der Waals surface area contributed by atoms with Crippen LogP contribution in [0, 0.1) is 0 Å². The van der Waals surface area contributed by atoms with E-state index in [1.165, 1.54) is 106 Å². The van der Waals surface area contributed by atoms with E-state index in [1.807, 2.05) is 11.3 Å².